The first kappa shape index (κ1) is 19.2. The monoisotopic (exact) mass is 381 g/mol. The normalized spacial score (nSPS) is 10.8. The Morgan fingerprint density at radius 3 is 2.44 bits per heavy atom. The Labute approximate surface area is 165 Å². The zero-order valence-corrected chi connectivity index (χ0v) is 16.5. The van der Waals surface area contributed by atoms with E-state index in [1.807, 2.05) is 66.2 Å². The van der Waals surface area contributed by atoms with Crippen LogP contribution in [0.3, 0.4) is 0 Å². The van der Waals surface area contributed by atoms with Gasteiger partial charge in [-0.05, 0) is 62.1 Å². The first-order chi connectivity index (χ1) is 13.0. The molecule has 0 aliphatic rings. The number of nitrogens with one attached hydrogen (secondary N) is 1. The van der Waals surface area contributed by atoms with Gasteiger partial charge in [0.25, 0.3) is 0 Å². The van der Waals surface area contributed by atoms with E-state index in [0.717, 1.165) is 39.6 Å². The maximum atomic E-state index is 12.2. The third kappa shape index (κ3) is 4.98. The van der Waals surface area contributed by atoms with E-state index < -0.39 is 0 Å². The number of carbonyl (C=O) groups excluding carboxylic acids is 1. The Hall–Kier alpha value is -2.59. The Morgan fingerprint density at radius 2 is 1.74 bits per heavy atom. The molecule has 0 saturated heterocycles. The minimum absolute atomic E-state index is 0.0650. The Morgan fingerprint density at radius 1 is 1.04 bits per heavy atom. The van der Waals surface area contributed by atoms with E-state index in [1.165, 1.54) is 0 Å². The van der Waals surface area contributed by atoms with Crippen molar-refractivity contribution < 1.29 is 4.79 Å². The molecule has 4 nitrogen and oxygen atoms in total. The fourth-order valence-corrected chi connectivity index (χ4v) is 3.31. The third-order valence-corrected chi connectivity index (χ3v) is 4.95. The van der Waals surface area contributed by atoms with E-state index in [4.69, 9.17) is 11.6 Å². The van der Waals surface area contributed by atoms with Gasteiger partial charge in [0.15, 0.2) is 0 Å². The van der Waals surface area contributed by atoms with Crippen molar-refractivity contribution in [2.75, 3.05) is 6.54 Å². The second-order valence-electron chi connectivity index (χ2n) is 6.62. The smallest absolute Gasteiger partial charge is 0.220 e. The summed E-state index contributed by atoms with van der Waals surface area (Å²) in [4.78, 5) is 12.2. The van der Waals surface area contributed by atoms with Crippen LogP contribution in [0.5, 0.6) is 0 Å². The predicted molar refractivity (Wildman–Crippen MR) is 110 cm³/mol. The summed E-state index contributed by atoms with van der Waals surface area (Å²) in [7, 11) is 0. The standard InChI is InChI=1S/C22H24ClN3O/c1-16-21(17(2)26(25-16)20-6-4-3-5-7-20)12-13-22(27)24-15-14-18-8-10-19(23)11-9-18/h3-11H,12-15H2,1-2H3,(H,24,27). The quantitative estimate of drug-likeness (QED) is 0.657. The molecule has 0 unspecified atom stereocenters. The van der Waals surface area contributed by atoms with Crippen LogP contribution < -0.4 is 5.32 Å². The molecule has 3 rings (SSSR count). The maximum Gasteiger partial charge on any atom is 0.220 e. The lowest BCUT2D eigenvalue weighted by Crippen LogP contribution is -2.26. The van der Waals surface area contributed by atoms with E-state index >= 15 is 0 Å². The lowest BCUT2D eigenvalue weighted by atomic mass is 10.1. The highest BCUT2D eigenvalue weighted by atomic mass is 35.5. The Balaban J connectivity index is 1.53. The molecule has 0 aliphatic carbocycles. The summed E-state index contributed by atoms with van der Waals surface area (Å²) in [5, 5.41) is 8.36. The van der Waals surface area contributed by atoms with Gasteiger partial charge < -0.3 is 5.32 Å². The summed E-state index contributed by atoms with van der Waals surface area (Å²) in [5.41, 5.74) is 5.41. The van der Waals surface area contributed by atoms with Crippen molar-refractivity contribution in [2.45, 2.75) is 33.1 Å². The summed E-state index contributed by atoms with van der Waals surface area (Å²) >= 11 is 5.89. The fraction of sp³-hybridized carbons (Fsp3) is 0.273. The topological polar surface area (TPSA) is 46.9 Å². The molecule has 0 spiro atoms. The minimum Gasteiger partial charge on any atom is -0.356 e. The van der Waals surface area contributed by atoms with Crippen LogP contribution in [0.1, 0.15) is 28.9 Å². The molecule has 0 fully saturated rings. The Bertz CT molecular complexity index is 901. The van der Waals surface area contributed by atoms with Crippen molar-refractivity contribution in [3.8, 4) is 5.69 Å². The van der Waals surface area contributed by atoms with Gasteiger partial charge in [0.1, 0.15) is 0 Å². The van der Waals surface area contributed by atoms with Gasteiger partial charge in [-0.3, -0.25) is 4.79 Å². The molecule has 0 aliphatic heterocycles. The molecular weight excluding hydrogens is 358 g/mol. The first-order valence-electron chi connectivity index (χ1n) is 9.16. The SMILES string of the molecule is Cc1nn(-c2ccccc2)c(C)c1CCC(=O)NCCc1ccc(Cl)cc1. The van der Waals surface area contributed by atoms with Gasteiger partial charge in [0.2, 0.25) is 5.91 Å². The average Bonchev–Trinajstić information content (AvgIpc) is 2.96. The number of benzene rings is 2. The van der Waals surface area contributed by atoms with Crippen LogP contribution in [0.15, 0.2) is 54.6 Å². The summed E-state index contributed by atoms with van der Waals surface area (Å²) in [6.07, 6.45) is 1.95. The van der Waals surface area contributed by atoms with E-state index in [-0.39, 0.29) is 5.91 Å². The molecule has 0 atom stereocenters. The summed E-state index contributed by atoms with van der Waals surface area (Å²) in [5.74, 6) is 0.0650. The largest absolute Gasteiger partial charge is 0.356 e. The molecule has 140 valence electrons. The van der Waals surface area contributed by atoms with Gasteiger partial charge in [0.05, 0.1) is 11.4 Å². The van der Waals surface area contributed by atoms with Crippen molar-refractivity contribution in [1.82, 2.24) is 15.1 Å². The van der Waals surface area contributed by atoms with Crippen LogP contribution in [-0.4, -0.2) is 22.2 Å². The number of para-hydroxylation sites is 1. The van der Waals surface area contributed by atoms with Crippen molar-refractivity contribution in [1.29, 1.82) is 0 Å². The molecule has 1 aromatic heterocycles. The van der Waals surface area contributed by atoms with Gasteiger partial charge in [-0.15, -0.1) is 0 Å². The number of aromatic nitrogens is 2. The number of rotatable bonds is 7. The predicted octanol–water partition coefficient (Wildman–Crippen LogP) is 4.43. The molecule has 0 radical (unpaired) electrons. The van der Waals surface area contributed by atoms with Crippen LogP contribution in [0.25, 0.3) is 5.69 Å². The number of amides is 1. The zero-order valence-electron chi connectivity index (χ0n) is 15.7. The molecular formula is C22H24ClN3O. The third-order valence-electron chi connectivity index (χ3n) is 4.69. The maximum absolute atomic E-state index is 12.2. The van der Waals surface area contributed by atoms with Crippen LogP contribution in [0.4, 0.5) is 0 Å². The number of hydrogen-bond acceptors (Lipinski definition) is 2. The summed E-state index contributed by atoms with van der Waals surface area (Å²) in [6.45, 7) is 4.68. The number of halogens is 1. The molecule has 5 heteroatoms. The van der Waals surface area contributed by atoms with Crippen LogP contribution in [0.2, 0.25) is 5.02 Å². The summed E-state index contributed by atoms with van der Waals surface area (Å²) in [6, 6.07) is 17.8. The lowest BCUT2D eigenvalue weighted by molar-refractivity contribution is -0.121. The first-order valence-corrected chi connectivity index (χ1v) is 9.54. The summed E-state index contributed by atoms with van der Waals surface area (Å²) < 4.78 is 1.95. The van der Waals surface area contributed by atoms with Gasteiger partial charge in [-0.2, -0.15) is 5.10 Å². The second kappa shape index (κ2) is 8.87. The van der Waals surface area contributed by atoms with E-state index in [1.54, 1.807) is 0 Å². The number of hydrogen-bond donors (Lipinski definition) is 1. The lowest BCUT2D eigenvalue weighted by Gasteiger charge is -2.07. The van der Waals surface area contributed by atoms with Crippen molar-refractivity contribution in [2.24, 2.45) is 0 Å². The second-order valence-corrected chi connectivity index (χ2v) is 7.06. The molecule has 0 bridgehead atoms. The fourth-order valence-electron chi connectivity index (χ4n) is 3.18. The highest BCUT2D eigenvalue weighted by Crippen LogP contribution is 2.19. The molecule has 1 N–H and O–H groups in total. The van der Waals surface area contributed by atoms with Crippen molar-refractivity contribution in [3.05, 3.63) is 82.1 Å². The van der Waals surface area contributed by atoms with E-state index in [0.29, 0.717) is 19.4 Å². The molecule has 3 aromatic rings. The van der Waals surface area contributed by atoms with E-state index in [9.17, 15) is 4.79 Å². The molecule has 2 aromatic carbocycles. The average molecular weight is 382 g/mol. The highest BCUT2D eigenvalue weighted by molar-refractivity contribution is 6.30. The molecule has 1 amide bonds. The van der Waals surface area contributed by atoms with Gasteiger partial charge >= 0.3 is 0 Å². The Kier molecular flexibility index (Phi) is 6.30. The molecule has 27 heavy (non-hydrogen) atoms. The number of aryl methyl sites for hydroxylation is 1. The van der Waals surface area contributed by atoms with Crippen LogP contribution in [-0.2, 0) is 17.6 Å². The zero-order chi connectivity index (χ0) is 19.2. The van der Waals surface area contributed by atoms with Crippen molar-refractivity contribution >= 4 is 17.5 Å². The van der Waals surface area contributed by atoms with Crippen molar-refractivity contribution in [3.63, 3.8) is 0 Å². The van der Waals surface area contributed by atoms with E-state index in [2.05, 4.69) is 17.3 Å². The van der Waals surface area contributed by atoms with Gasteiger partial charge in [-0.25, -0.2) is 4.68 Å². The van der Waals surface area contributed by atoms with Gasteiger partial charge in [0, 0.05) is 23.7 Å². The number of nitrogens with zero attached hydrogens (tertiary/aromatic N) is 2. The highest BCUT2D eigenvalue weighted by Gasteiger charge is 2.14. The van der Waals surface area contributed by atoms with Gasteiger partial charge in [-0.1, -0.05) is 41.9 Å². The molecule has 0 saturated carbocycles. The molecule has 1 heterocycles. The van der Waals surface area contributed by atoms with Crippen LogP contribution in [0, 0.1) is 13.8 Å². The van der Waals surface area contributed by atoms with Crippen LogP contribution >= 0.6 is 11.6 Å². The number of carbonyl (C=O) groups is 1. The minimum atomic E-state index is 0.0650.